The van der Waals surface area contributed by atoms with Gasteiger partial charge in [-0.1, -0.05) is 36.4 Å². The van der Waals surface area contributed by atoms with Gasteiger partial charge in [0.05, 0.1) is 23.7 Å². The number of benzene rings is 2. The molecule has 9 heteroatoms. The van der Waals surface area contributed by atoms with E-state index in [1.807, 2.05) is 49.5 Å². The molecule has 8 nitrogen and oxygen atoms in total. The summed E-state index contributed by atoms with van der Waals surface area (Å²) in [4.78, 5) is 21.9. The van der Waals surface area contributed by atoms with Crippen LogP contribution in [-0.4, -0.2) is 29.0 Å². The van der Waals surface area contributed by atoms with Gasteiger partial charge in [0.25, 0.3) is 5.91 Å². The second-order valence-corrected chi connectivity index (χ2v) is 8.88. The quantitative estimate of drug-likeness (QED) is 0.320. The van der Waals surface area contributed by atoms with E-state index in [1.165, 1.54) is 24.4 Å². The molecule has 190 valence electrons. The van der Waals surface area contributed by atoms with Gasteiger partial charge in [-0.2, -0.15) is 5.26 Å². The van der Waals surface area contributed by atoms with E-state index in [9.17, 15) is 14.4 Å². The molecule has 2 aromatic carbocycles. The first kappa shape index (κ1) is 24.7. The molecular formula is C29H25FN6O2. The van der Waals surface area contributed by atoms with Crippen molar-refractivity contribution < 1.29 is 13.9 Å². The number of nitrogens with zero attached hydrogens (tertiary/aromatic N) is 3. The molecule has 0 saturated carbocycles. The average molecular weight is 509 g/mol. The maximum atomic E-state index is 13.3. The minimum atomic E-state index is -0.388. The fourth-order valence-corrected chi connectivity index (χ4v) is 4.13. The van der Waals surface area contributed by atoms with Crippen molar-refractivity contribution in [2.75, 3.05) is 23.8 Å². The van der Waals surface area contributed by atoms with Crippen LogP contribution in [0.15, 0.2) is 73.1 Å². The first-order valence-electron chi connectivity index (χ1n) is 12.2. The Bertz CT molecular complexity index is 1500. The number of anilines is 2. The predicted octanol–water partition coefficient (Wildman–Crippen LogP) is 5.06. The van der Waals surface area contributed by atoms with E-state index in [0.717, 1.165) is 40.4 Å². The van der Waals surface area contributed by atoms with E-state index in [4.69, 9.17) is 4.74 Å². The first-order valence-corrected chi connectivity index (χ1v) is 12.2. The normalized spacial score (nSPS) is 12.8. The predicted molar refractivity (Wildman–Crippen MR) is 142 cm³/mol. The minimum Gasteiger partial charge on any atom is -0.488 e. The van der Waals surface area contributed by atoms with Crippen LogP contribution in [0, 0.1) is 17.1 Å². The van der Waals surface area contributed by atoms with Crippen LogP contribution in [0.4, 0.5) is 16.0 Å². The molecule has 3 heterocycles. The third-order valence-corrected chi connectivity index (χ3v) is 6.23. The number of carbonyl (C=O) groups excluding carboxylic acids is 1. The van der Waals surface area contributed by atoms with Crippen molar-refractivity contribution in [2.24, 2.45) is 0 Å². The topological polar surface area (TPSA) is 112 Å². The maximum absolute atomic E-state index is 13.3. The number of nitriles is 1. The Morgan fingerprint density at radius 2 is 1.89 bits per heavy atom. The summed E-state index contributed by atoms with van der Waals surface area (Å²) in [5.74, 6) is 1.12. The fraction of sp³-hybridized carbons (Fsp3) is 0.172. The van der Waals surface area contributed by atoms with Crippen molar-refractivity contribution in [3.8, 4) is 22.9 Å². The number of hydrogen-bond acceptors (Lipinski definition) is 7. The van der Waals surface area contributed by atoms with Gasteiger partial charge in [-0.15, -0.1) is 0 Å². The van der Waals surface area contributed by atoms with Gasteiger partial charge < -0.3 is 20.7 Å². The van der Waals surface area contributed by atoms with E-state index >= 15 is 0 Å². The maximum Gasteiger partial charge on any atom is 0.255 e. The van der Waals surface area contributed by atoms with Crippen molar-refractivity contribution >= 4 is 17.5 Å². The molecule has 5 rings (SSSR count). The summed E-state index contributed by atoms with van der Waals surface area (Å²) in [6, 6.07) is 19.1. The zero-order chi connectivity index (χ0) is 26.5. The molecule has 38 heavy (non-hydrogen) atoms. The second kappa shape index (κ2) is 11.0. The summed E-state index contributed by atoms with van der Waals surface area (Å²) < 4.78 is 19.0. The van der Waals surface area contributed by atoms with Crippen molar-refractivity contribution in [3.05, 3.63) is 101 Å². The van der Waals surface area contributed by atoms with Gasteiger partial charge in [0.2, 0.25) is 0 Å². The molecule has 3 N–H and O–H groups in total. The van der Waals surface area contributed by atoms with Crippen molar-refractivity contribution in [2.45, 2.75) is 19.5 Å². The molecule has 0 spiro atoms. The SMILES string of the molecule is CC(NC(=O)c1cc(C#N)cnc1NCc1ccc(-c2cnc3c(c2)OCCN3)cc1)c1ccc(F)cc1. The van der Waals surface area contributed by atoms with E-state index in [1.54, 1.807) is 12.1 Å². The number of pyridine rings is 2. The van der Waals surface area contributed by atoms with Gasteiger partial charge in [0.1, 0.15) is 24.3 Å². The number of fused-ring (bicyclic) bond motifs is 1. The molecule has 1 atom stereocenters. The Balaban J connectivity index is 1.28. The lowest BCUT2D eigenvalue weighted by Gasteiger charge is -2.18. The molecule has 0 bridgehead atoms. The van der Waals surface area contributed by atoms with E-state index in [2.05, 4.69) is 25.9 Å². The molecule has 1 amide bonds. The number of ether oxygens (including phenoxy) is 1. The van der Waals surface area contributed by atoms with Crippen LogP contribution in [0.5, 0.6) is 5.75 Å². The molecule has 0 radical (unpaired) electrons. The molecule has 0 saturated heterocycles. The lowest BCUT2D eigenvalue weighted by Crippen LogP contribution is -2.28. The number of aromatic nitrogens is 2. The lowest BCUT2D eigenvalue weighted by atomic mass is 10.0. The molecule has 1 aliphatic heterocycles. The van der Waals surface area contributed by atoms with Gasteiger partial charge in [0.15, 0.2) is 11.6 Å². The fourth-order valence-electron chi connectivity index (χ4n) is 4.13. The highest BCUT2D eigenvalue weighted by Gasteiger charge is 2.17. The van der Waals surface area contributed by atoms with E-state index in [-0.39, 0.29) is 28.9 Å². The van der Waals surface area contributed by atoms with Gasteiger partial charge in [0, 0.05) is 24.5 Å². The first-order chi connectivity index (χ1) is 18.5. The molecule has 0 fully saturated rings. The third kappa shape index (κ3) is 5.55. The summed E-state index contributed by atoms with van der Waals surface area (Å²) in [6.07, 6.45) is 3.23. The monoisotopic (exact) mass is 508 g/mol. The molecule has 2 aromatic heterocycles. The highest BCUT2D eigenvalue weighted by Crippen LogP contribution is 2.30. The Morgan fingerprint density at radius 3 is 2.66 bits per heavy atom. The number of carbonyl (C=O) groups is 1. The third-order valence-electron chi connectivity index (χ3n) is 6.23. The Kier molecular flexibility index (Phi) is 7.13. The summed E-state index contributed by atoms with van der Waals surface area (Å²) in [5.41, 5.74) is 4.23. The minimum absolute atomic E-state index is 0.253. The van der Waals surface area contributed by atoms with Gasteiger partial charge in [-0.25, -0.2) is 14.4 Å². The second-order valence-electron chi connectivity index (χ2n) is 8.88. The highest BCUT2D eigenvalue weighted by atomic mass is 19.1. The van der Waals surface area contributed by atoms with E-state index in [0.29, 0.717) is 19.0 Å². The highest BCUT2D eigenvalue weighted by molar-refractivity contribution is 5.99. The van der Waals surface area contributed by atoms with Crippen LogP contribution in [0.1, 0.15) is 40.0 Å². The average Bonchev–Trinajstić information content (AvgIpc) is 2.96. The number of halogens is 1. The van der Waals surface area contributed by atoms with Crippen LogP contribution >= 0.6 is 0 Å². The van der Waals surface area contributed by atoms with Crippen molar-refractivity contribution in [1.82, 2.24) is 15.3 Å². The largest absolute Gasteiger partial charge is 0.488 e. The molecular weight excluding hydrogens is 483 g/mol. The van der Waals surface area contributed by atoms with Crippen molar-refractivity contribution in [3.63, 3.8) is 0 Å². The zero-order valence-electron chi connectivity index (χ0n) is 20.7. The van der Waals surface area contributed by atoms with Gasteiger partial charge >= 0.3 is 0 Å². The van der Waals surface area contributed by atoms with E-state index < -0.39 is 0 Å². The van der Waals surface area contributed by atoms with Crippen LogP contribution in [-0.2, 0) is 6.54 Å². The Hall–Kier alpha value is -4.97. The summed E-state index contributed by atoms with van der Waals surface area (Å²) in [5, 5.41) is 18.6. The van der Waals surface area contributed by atoms with Gasteiger partial charge in [-0.05, 0) is 47.9 Å². The molecule has 1 unspecified atom stereocenters. The smallest absolute Gasteiger partial charge is 0.255 e. The molecule has 0 aliphatic carbocycles. The summed E-state index contributed by atoms with van der Waals surface area (Å²) in [7, 11) is 0. The van der Waals surface area contributed by atoms with Crippen LogP contribution < -0.4 is 20.7 Å². The number of amides is 1. The Morgan fingerprint density at radius 1 is 1.11 bits per heavy atom. The molecule has 1 aliphatic rings. The number of rotatable bonds is 7. The van der Waals surface area contributed by atoms with Gasteiger partial charge in [-0.3, -0.25) is 4.79 Å². The lowest BCUT2D eigenvalue weighted by molar-refractivity contribution is 0.0940. The molecule has 4 aromatic rings. The Labute approximate surface area is 219 Å². The zero-order valence-corrected chi connectivity index (χ0v) is 20.7. The standard InChI is InChI=1S/C29H25FN6O2/c1-18(21-6-8-24(30)9-7-21)36-29(37)25-12-20(14-31)16-34-27(25)33-15-19-2-4-22(5-3-19)23-13-26-28(35-17-23)32-10-11-38-26/h2-9,12-13,16-18H,10-11,15H2,1H3,(H,32,35)(H,33,34)(H,36,37). The number of nitrogens with one attached hydrogen (secondary N) is 3. The number of hydrogen-bond donors (Lipinski definition) is 3. The van der Waals surface area contributed by atoms with Crippen molar-refractivity contribution in [1.29, 1.82) is 5.26 Å². The van der Waals surface area contributed by atoms with Crippen LogP contribution in [0.25, 0.3) is 11.1 Å². The van der Waals surface area contributed by atoms with Crippen LogP contribution in [0.2, 0.25) is 0 Å². The summed E-state index contributed by atoms with van der Waals surface area (Å²) >= 11 is 0. The van der Waals surface area contributed by atoms with Crippen LogP contribution in [0.3, 0.4) is 0 Å². The summed E-state index contributed by atoms with van der Waals surface area (Å²) in [6.45, 7) is 3.58.